The van der Waals surface area contributed by atoms with E-state index >= 15 is 0 Å². The predicted octanol–water partition coefficient (Wildman–Crippen LogP) is 2.96. The van der Waals surface area contributed by atoms with Crippen molar-refractivity contribution >= 4 is 0 Å². The minimum atomic E-state index is -0.155. The third-order valence-corrected chi connectivity index (χ3v) is 3.13. The van der Waals surface area contributed by atoms with Crippen LogP contribution in [0.1, 0.15) is 53.4 Å². The lowest BCUT2D eigenvalue weighted by Crippen LogP contribution is -2.47. The van der Waals surface area contributed by atoms with Gasteiger partial charge in [-0.3, -0.25) is 5.32 Å². The van der Waals surface area contributed by atoms with Crippen LogP contribution in [0.5, 0.6) is 0 Å². The average molecular weight is 193 g/mol. The molecule has 1 heteroatoms. The van der Waals surface area contributed by atoms with Crippen molar-refractivity contribution in [3.05, 3.63) is 0 Å². The van der Waals surface area contributed by atoms with Gasteiger partial charge in [-0.25, -0.2) is 0 Å². The van der Waals surface area contributed by atoms with Gasteiger partial charge in [0, 0.05) is 6.04 Å². The topological polar surface area (TPSA) is 12.0 Å². The maximum Gasteiger partial charge on any atom is 0.0743 e. The maximum absolute atomic E-state index is 5.48. The molecule has 0 radical (unpaired) electrons. The first-order valence-electron chi connectivity index (χ1n) is 5.60. The fourth-order valence-corrected chi connectivity index (χ4v) is 2.37. The Kier molecular flexibility index (Phi) is 3.27. The van der Waals surface area contributed by atoms with Crippen LogP contribution in [0.3, 0.4) is 0 Å². The molecule has 0 heterocycles. The van der Waals surface area contributed by atoms with Gasteiger partial charge in [0.2, 0.25) is 0 Å². The van der Waals surface area contributed by atoms with Crippen molar-refractivity contribution in [1.82, 2.24) is 5.32 Å². The van der Waals surface area contributed by atoms with Crippen LogP contribution in [-0.4, -0.2) is 11.6 Å². The van der Waals surface area contributed by atoms with Gasteiger partial charge in [0.25, 0.3) is 0 Å². The lowest BCUT2D eigenvalue weighted by molar-refractivity contribution is 0.184. The summed E-state index contributed by atoms with van der Waals surface area (Å²) in [4.78, 5) is 0. The van der Waals surface area contributed by atoms with E-state index in [0.29, 0.717) is 11.5 Å². The summed E-state index contributed by atoms with van der Waals surface area (Å²) in [5.74, 6) is 2.80. The molecule has 1 saturated carbocycles. The number of rotatable bonds is 2. The largest absolute Gasteiger partial charge is 0.299 e. The summed E-state index contributed by atoms with van der Waals surface area (Å²) in [5.41, 5.74) is 0.332. The van der Waals surface area contributed by atoms with E-state index in [1.54, 1.807) is 0 Å². The Morgan fingerprint density at radius 2 is 2.07 bits per heavy atom. The molecular formula is C13H23N. The smallest absolute Gasteiger partial charge is 0.0743 e. The highest BCUT2D eigenvalue weighted by Gasteiger charge is 2.30. The van der Waals surface area contributed by atoms with Gasteiger partial charge in [0.05, 0.1) is 5.54 Å². The Bertz CT molecular complexity index is 232. The maximum atomic E-state index is 5.48. The van der Waals surface area contributed by atoms with E-state index in [-0.39, 0.29) is 5.54 Å². The van der Waals surface area contributed by atoms with Crippen LogP contribution in [0.4, 0.5) is 0 Å². The number of terminal acetylenes is 1. The predicted molar refractivity (Wildman–Crippen MR) is 62.1 cm³/mol. The molecule has 1 N–H and O–H groups in total. The Hall–Kier alpha value is -0.480. The van der Waals surface area contributed by atoms with Crippen molar-refractivity contribution in [2.24, 2.45) is 5.41 Å². The van der Waals surface area contributed by atoms with Crippen LogP contribution in [0.25, 0.3) is 0 Å². The van der Waals surface area contributed by atoms with Gasteiger partial charge in [-0.15, -0.1) is 6.42 Å². The monoisotopic (exact) mass is 193 g/mol. The van der Waals surface area contributed by atoms with Gasteiger partial charge in [-0.2, -0.15) is 0 Å². The summed E-state index contributed by atoms with van der Waals surface area (Å²) in [6, 6.07) is 0.602. The third kappa shape index (κ3) is 3.35. The summed E-state index contributed by atoms with van der Waals surface area (Å²) < 4.78 is 0. The Morgan fingerprint density at radius 3 is 2.57 bits per heavy atom. The average Bonchev–Trinajstić information content (AvgIpc) is 2.01. The van der Waals surface area contributed by atoms with Crippen LogP contribution in [0.15, 0.2) is 0 Å². The third-order valence-electron chi connectivity index (χ3n) is 3.13. The molecule has 14 heavy (non-hydrogen) atoms. The summed E-state index contributed by atoms with van der Waals surface area (Å²) in [6.07, 6.45) is 10.7. The quantitative estimate of drug-likeness (QED) is 0.665. The minimum Gasteiger partial charge on any atom is -0.299 e. The molecule has 1 unspecified atom stereocenters. The standard InChI is InChI=1S/C13H23N/c1-6-13(4,5)14-11-8-7-9-12(2,3)10-11/h1,11,14H,7-10H2,2-5H3. The van der Waals surface area contributed by atoms with E-state index in [4.69, 9.17) is 6.42 Å². The summed E-state index contributed by atoms with van der Waals surface area (Å²) in [5, 5.41) is 3.56. The van der Waals surface area contributed by atoms with E-state index in [1.165, 1.54) is 25.7 Å². The number of nitrogens with one attached hydrogen (secondary N) is 1. The molecule has 0 saturated heterocycles. The molecule has 1 aliphatic carbocycles. The molecule has 1 rings (SSSR count). The van der Waals surface area contributed by atoms with Crippen molar-refractivity contribution < 1.29 is 0 Å². The van der Waals surface area contributed by atoms with Crippen molar-refractivity contribution in [3.63, 3.8) is 0 Å². The number of hydrogen-bond acceptors (Lipinski definition) is 1. The zero-order valence-electron chi connectivity index (χ0n) is 9.98. The molecule has 1 nitrogen and oxygen atoms in total. The molecule has 0 aliphatic heterocycles. The van der Waals surface area contributed by atoms with Crippen LogP contribution < -0.4 is 5.32 Å². The van der Waals surface area contributed by atoms with Crippen LogP contribution in [0.2, 0.25) is 0 Å². The molecule has 1 aliphatic rings. The van der Waals surface area contributed by atoms with E-state index in [9.17, 15) is 0 Å². The molecule has 0 aromatic heterocycles. The van der Waals surface area contributed by atoms with Crippen LogP contribution in [-0.2, 0) is 0 Å². The van der Waals surface area contributed by atoms with Crippen molar-refractivity contribution in [2.75, 3.05) is 0 Å². The summed E-state index contributed by atoms with van der Waals surface area (Å²) in [7, 11) is 0. The highest BCUT2D eigenvalue weighted by Crippen LogP contribution is 2.35. The van der Waals surface area contributed by atoms with Gasteiger partial charge in [-0.1, -0.05) is 26.2 Å². The zero-order chi connectivity index (χ0) is 10.8. The van der Waals surface area contributed by atoms with Gasteiger partial charge in [-0.05, 0) is 38.5 Å². The van der Waals surface area contributed by atoms with E-state index in [2.05, 4.69) is 38.9 Å². The van der Waals surface area contributed by atoms with Crippen LogP contribution in [0, 0.1) is 17.8 Å². The fraction of sp³-hybridized carbons (Fsp3) is 0.846. The van der Waals surface area contributed by atoms with Gasteiger partial charge in [0.1, 0.15) is 0 Å². The molecule has 0 aromatic carbocycles. The molecule has 1 atom stereocenters. The van der Waals surface area contributed by atoms with Crippen LogP contribution >= 0.6 is 0 Å². The highest BCUT2D eigenvalue weighted by molar-refractivity contribution is 5.08. The molecule has 0 amide bonds. The van der Waals surface area contributed by atoms with E-state index in [1.807, 2.05) is 0 Å². The molecule has 1 fully saturated rings. The second-order valence-corrected chi connectivity index (χ2v) is 5.87. The van der Waals surface area contributed by atoms with Crippen molar-refractivity contribution in [3.8, 4) is 12.3 Å². The summed E-state index contributed by atoms with van der Waals surface area (Å²) in [6.45, 7) is 8.86. The molecular weight excluding hydrogens is 170 g/mol. The van der Waals surface area contributed by atoms with Gasteiger partial charge in [0.15, 0.2) is 0 Å². The first kappa shape index (κ1) is 11.6. The van der Waals surface area contributed by atoms with E-state index < -0.39 is 0 Å². The zero-order valence-corrected chi connectivity index (χ0v) is 9.98. The Morgan fingerprint density at radius 1 is 1.43 bits per heavy atom. The molecule has 0 spiro atoms. The lowest BCUT2D eigenvalue weighted by Gasteiger charge is -2.38. The highest BCUT2D eigenvalue weighted by atomic mass is 15.0. The first-order chi connectivity index (χ1) is 6.35. The number of hydrogen-bond donors (Lipinski definition) is 1. The summed E-state index contributed by atoms with van der Waals surface area (Å²) >= 11 is 0. The van der Waals surface area contributed by atoms with Crippen molar-refractivity contribution in [2.45, 2.75) is 65.0 Å². The molecule has 80 valence electrons. The fourth-order valence-electron chi connectivity index (χ4n) is 2.37. The van der Waals surface area contributed by atoms with Gasteiger partial charge < -0.3 is 0 Å². The Balaban J connectivity index is 2.51. The lowest BCUT2D eigenvalue weighted by atomic mass is 9.74. The second kappa shape index (κ2) is 3.95. The van der Waals surface area contributed by atoms with Gasteiger partial charge >= 0.3 is 0 Å². The normalized spacial score (nSPS) is 26.9. The SMILES string of the molecule is C#CC(C)(C)NC1CCCC(C)(C)C1. The second-order valence-electron chi connectivity index (χ2n) is 5.87. The molecule has 0 bridgehead atoms. The van der Waals surface area contributed by atoms with Crippen molar-refractivity contribution in [1.29, 1.82) is 0 Å². The molecule has 0 aromatic rings. The minimum absolute atomic E-state index is 0.155. The Labute approximate surface area is 88.7 Å². The first-order valence-corrected chi connectivity index (χ1v) is 5.60. The van der Waals surface area contributed by atoms with E-state index in [0.717, 1.165) is 0 Å².